The van der Waals surface area contributed by atoms with Crippen molar-refractivity contribution in [3.63, 3.8) is 0 Å². The van der Waals surface area contributed by atoms with E-state index in [1.165, 1.54) is 0 Å². The van der Waals surface area contributed by atoms with Gasteiger partial charge >= 0.3 is 0 Å². The molecule has 1 heterocycles. The van der Waals surface area contributed by atoms with E-state index in [1.54, 1.807) is 24.3 Å². The van der Waals surface area contributed by atoms with Crippen molar-refractivity contribution < 1.29 is 9.59 Å². The summed E-state index contributed by atoms with van der Waals surface area (Å²) in [7, 11) is 0. The smallest absolute Gasteiger partial charge is 0.224 e. The van der Waals surface area contributed by atoms with Crippen LogP contribution in [0.25, 0.3) is 0 Å². The SMILES string of the molecule is N#Cc1cccc(NC(=O)CCCN2CCCCC2=O)c1. The Balaban J connectivity index is 1.74. The third kappa shape index (κ3) is 4.60. The molecule has 1 fully saturated rings. The second-order valence-corrected chi connectivity index (χ2v) is 5.18. The quantitative estimate of drug-likeness (QED) is 0.902. The molecule has 1 aromatic carbocycles. The van der Waals surface area contributed by atoms with Gasteiger partial charge in [-0.2, -0.15) is 5.26 Å². The van der Waals surface area contributed by atoms with Crippen molar-refractivity contribution in [3.8, 4) is 6.07 Å². The van der Waals surface area contributed by atoms with E-state index < -0.39 is 0 Å². The number of hydrogen-bond donors (Lipinski definition) is 1. The van der Waals surface area contributed by atoms with E-state index in [0.717, 1.165) is 19.4 Å². The molecule has 2 amide bonds. The fourth-order valence-electron chi connectivity index (χ4n) is 2.42. The average Bonchev–Trinajstić information content (AvgIpc) is 2.49. The molecule has 0 saturated carbocycles. The largest absolute Gasteiger partial charge is 0.343 e. The van der Waals surface area contributed by atoms with Gasteiger partial charge in [0, 0.05) is 31.6 Å². The summed E-state index contributed by atoms with van der Waals surface area (Å²) in [6.45, 7) is 1.45. The molecule has 1 aromatic rings. The molecule has 0 atom stereocenters. The van der Waals surface area contributed by atoms with Crippen LogP contribution in [0, 0.1) is 11.3 Å². The van der Waals surface area contributed by atoms with Gasteiger partial charge in [0.1, 0.15) is 0 Å². The normalized spacial score (nSPS) is 14.6. The van der Waals surface area contributed by atoms with E-state index in [2.05, 4.69) is 5.32 Å². The van der Waals surface area contributed by atoms with Gasteiger partial charge in [-0.3, -0.25) is 9.59 Å². The first-order valence-electron chi connectivity index (χ1n) is 7.27. The average molecular weight is 285 g/mol. The molecule has 0 unspecified atom stereocenters. The summed E-state index contributed by atoms with van der Waals surface area (Å²) >= 11 is 0. The van der Waals surface area contributed by atoms with Crippen LogP contribution in [-0.2, 0) is 9.59 Å². The maximum absolute atomic E-state index is 11.8. The van der Waals surface area contributed by atoms with Gasteiger partial charge in [0.05, 0.1) is 11.6 Å². The van der Waals surface area contributed by atoms with Crippen LogP contribution in [0.4, 0.5) is 5.69 Å². The highest BCUT2D eigenvalue weighted by Crippen LogP contribution is 2.13. The van der Waals surface area contributed by atoms with Crippen molar-refractivity contribution in [2.24, 2.45) is 0 Å². The van der Waals surface area contributed by atoms with Gasteiger partial charge in [0.2, 0.25) is 11.8 Å². The monoisotopic (exact) mass is 285 g/mol. The minimum atomic E-state index is -0.0884. The zero-order valence-corrected chi connectivity index (χ0v) is 12.0. The third-order valence-electron chi connectivity index (χ3n) is 3.53. The molecule has 0 radical (unpaired) electrons. The number of carbonyl (C=O) groups excluding carboxylic acids is 2. The van der Waals surface area contributed by atoms with Crippen LogP contribution in [0.15, 0.2) is 24.3 Å². The number of benzene rings is 1. The zero-order chi connectivity index (χ0) is 15.1. The molecule has 21 heavy (non-hydrogen) atoms. The Kier molecular flexibility index (Phi) is 5.33. The standard InChI is InChI=1S/C16H19N3O2/c17-12-13-5-3-6-14(11-13)18-15(20)7-4-10-19-9-2-1-8-16(19)21/h3,5-6,11H,1-2,4,7-10H2,(H,18,20). The Morgan fingerprint density at radius 2 is 2.24 bits per heavy atom. The Bertz CT molecular complexity index is 563. The van der Waals surface area contributed by atoms with Gasteiger partial charge in [-0.1, -0.05) is 6.07 Å². The highest BCUT2D eigenvalue weighted by molar-refractivity contribution is 5.90. The van der Waals surface area contributed by atoms with Gasteiger partial charge < -0.3 is 10.2 Å². The lowest BCUT2D eigenvalue weighted by molar-refractivity contribution is -0.133. The summed E-state index contributed by atoms with van der Waals surface area (Å²) in [5.41, 5.74) is 1.15. The van der Waals surface area contributed by atoms with Crippen LogP contribution in [0.5, 0.6) is 0 Å². The topological polar surface area (TPSA) is 73.2 Å². The van der Waals surface area contributed by atoms with Gasteiger partial charge in [-0.05, 0) is 37.5 Å². The number of nitriles is 1. The molecule has 2 rings (SSSR count). The highest BCUT2D eigenvalue weighted by atomic mass is 16.2. The number of piperidine rings is 1. The van der Waals surface area contributed by atoms with E-state index in [1.807, 2.05) is 11.0 Å². The van der Waals surface area contributed by atoms with Gasteiger partial charge in [0.25, 0.3) is 0 Å². The van der Waals surface area contributed by atoms with Crippen molar-refractivity contribution in [1.82, 2.24) is 4.90 Å². The molecule has 110 valence electrons. The first-order chi connectivity index (χ1) is 10.2. The molecule has 1 aliphatic heterocycles. The molecule has 0 bridgehead atoms. The Morgan fingerprint density at radius 3 is 3.00 bits per heavy atom. The summed E-state index contributed by atoms with van der Waals surface area (Å²) < 4.78 is 0. The third-order valence-corrected chi connectivity index (χ3v) is 3.53. The molecule has 1 N–H and O–H groups in total. The molecule has 0 spiro atoms. The van der Waals surface area contributed by atoms with Crippen molar-refractivity contribution in [3.05, 3.63) is 29.8 Å². The Hall–Kier alpha value is -2.35. The maximum atomic E-state index is 11.8. The van der Waals surface area contributed by atoms with Crippen LogP contribution >= 0.6 is 0 Å². The number of likely N-dealkylation sites (tertiary alicyclic amines) is 1. The number of hydrogen-bond acceptors (Lipinski definition) is 3. The lowest BCUT2D eigenvalue weighted by Crippen LogP contribution is -2.36. The van der Waals surface area contributed by atoms with E-state index >= 15 is 0 Å². The molecule has 0 aromatic heterocycles. The summed E-state index contributed by atoms with van der Waals surface area (Å²) in [5.74, 6) is 0.109. The minimum Gasteiger partial charge on any atom is -0.343 e. The van der Waals surface area contributed by atoms with Gasteiger partial charge in [0.15, 0.2) is 0 Å². The predicted octanol–water partition coefficient (Wildman–Crippen LogP) is 2.29. The fourth-order valence-corrected chi connectivity index (χ4v) is 2.42. The molecule has 1 aliphatic rings. The lowest BCUT2D eigenvalue weighted by Gasteiger charge is -2.26. The molecule has 1 saturated heterocycles. The van der Waals surface area contributed by atoms with Crippen LogP contribution in [0.2, 0.25) is 0 Å². The van der Waals surface area contributed by atoms with E-state index in [-0.39, 0.29) is 11.8 Å². The second kappa shape index (κ2) is 7.44. The molecule has 5 nitrogen and oxygen atoms in total. The lowest BCUT2D eigenvalue weighted by atomic mass is 10.1. The van der Waals surface area contributed by atoms with Crippen molar-refractivity contribution >= 4 is 17.5 Å². The number of rotatable bonds is 5. The maximum Gasteiger partial charge on any atom is 0.224 e. The number of amides is 2. The number of nitrogens with one attached hydrogen (secondary N) is 1. The van der Waals surface area contributed by atoms with Crippen molar-refractivity contribution in [2.45, 2.75) is 32.1 Å². The number of anilines is 1. The van der Waals surface area contributed by atoms with Crippen LogP contribution in [0.1, 0.15) is 37.7 Å². The highest BCUT2D eigenvalue weighted by Gasteiger charge is 2.17. The zero-order valence-electron chi connectivity index (χ0n) is 12.0. The minimum absolute atomic E-state index is 0.0884. The second-order valence-electron chi connectivity index (χ2n) is 5.18. The summed E-state index contributed by atoms with van der Waals surface area (Å²) in [4.78, 5) is 25.3. The molecule has 0 aliphatic carbocycles. The Morgan fingerprint density at radius 1 is 1.38 bits per heavy atom. The van der Waals surface area contributed by atoms with E-state index in [0.29, 0.717) is 37.1 Å². The van der Waals surface area contributed by atoms with E-state index in [4.69, 9.17) is 5.26 Å². The summed E-state index contributed by atoms with van der Waals surface area (Å²) in [6, 6.07) is 8.87. The van der Waals surface area contributed by atoms with Gasteiger partial charge in [-0.15, -0.1) is 0 Å². The van der Waals surface area contributed by atoms with Crippen LogP contribution in [0.3, 0.4) is 0 Å². The number of nitrogens with zero attached hydrogens (tertiary/aromatic N) is 2. The Labute approximate surface area is 124 Å². The molecular formula is C16H19N3O2. The molecule has 5 heteroatoms. The van der Waals surface area contributed by atoms with Gasteiger partial charge in [-0.25, -0.2) is 0 Å². The molecular weight excluding hydrogens is 266 g/mol. The fraction of sp³-hybridized carbons (Fsp3) is 0.438. The predicted molar refractivity (Wildman–Crippen MR) is 79.5 cm³/mol. The van der Waals surface area contributed by atoms with Crippen LogP contribution in [-0.4, -0.2) is 29.8 Å². The number of carbonyl (C=O) groups is 2. The van der Waals surface area contributed by atoms with Crippen LogP contribution < -0.4 is 5.32 Å². The first kappa shape index (κ1) is 15.0. The van der Waals surface area contributed by atoms with E-state index in [9.17, 15) is 9.59 Å². The van der Waals surface area contributed by atoms with Crippen molar-refractivity contribution in [1.29, 1.82) is 5.26 Å². The summed E-state index contributed by atoms with van der Waals surface area (Å²) in [6.07, 6.45) is 3.70. The first-order valence-corrected chi connectivity index (χ1v) is 7.27. The van der Waals surface area contributed by atoms with Crippen molar-refractivity contribution in [2.75, 3.05) is 18.4 Å². The summed E-state index contributed by atoms with van der Waals surface area (Å²) in [5, 5.41) is 11.6.